The maximum atomic E-state index is 13.6. The predicted molar refractivity (Wildman–Crippen MR) is 173 cm³/mol. The molecule has 0 saturated carbocycles. The molecule has 0 aliphatic rings. The Balaban J connectivity index is 2.23. The Bertz CT molecular complexity index is 1360. The van der Waals surface area contributed by atoms with Crippen molar-refractivity contribution in [2.24, 2.45) is 5.92 Å². The monoisotopic (exact) mass is 672 g/mol. The van der Waals surface area contributed by atoms with Crippen LogP contribution in [0.25, 0.3) is 0 Å². The van der Waals surface area contributed by atoms with Crippen LogP contribution in [0.2, 0.25) is 0 Å². The van der Waals surface area contributed by atoms with Gasteiger partial charge in [0.1, 0.15) is 31.2 Å². The van der Waals surface area contributed by atoms with Gasteiger partial charge in [0.15, 0.2) is 0 Å². The molecule has 5 amide bonds. The van der Waals surface area contributed by atoms with E-state index in [2.05, 4.69) is 16.0 Å². The molecule has 13 nitrogen and oxygen atoms in total. The highest BCUT2D eigenvalue weighted by atomic mass is 35.5. The van der Waals surface area contributed by atoms with Gasteiger partial charge in [-0.05, 0) is 30.4 Å². The molecule has 0 spiro atoms. The van der Waals surface area contributed by atoms with Crippen LogP contribution in [0.3, 0.4) is 0 Å². The van der Waals surface area contributed by atoms with Crippen LogP contribution in [0, 0.1) is 5.92 Å². The molecule has 0 fully saturated rings. The number of carbonyl (C=O) groups is 6. The highest BCUT2D eigenvalue weighted by molar-refractivity contribution is 6.28. The minimum Gasteiger partial charge on any atom is -0.463 e. The zero-order valence-corrected chi connectivity index (χ0v) is 27.3. The SMILES string of the molecule is CCOC(=O)/C=C/[C@H](COC(=O)NC(=O)CCl)NC(=O)[C@H](Cc1ccccc1)NC(=O)[C@H](CC(C)C)NC(=O)OCc1ccccc1. The minimum atomic E-state index is -1.16. The first kappa shape index (κ1) is 38.3. The fourth-order valence-electron chi connectivity index (χ4n) is 4.10. The number of ether oxygens (including phenoxy) is 3. The van der Waals surface area contributed by atoms with Gasteiger partial charge in [0, 0.05) is 12.5 Å². The molecule has 4 N–H and O–H groups in total. The second-order valence-corrected chi connectivity index (χ2v) is 10.9. The van der Waals surface area contributed by atoms with Crippen molar-refractivity contribution in [2.75, 3.05) is 19.1 Å². The van der Waals surface area contributed by atoms with Crippen LogP contribution >= 0.6 is 11.6 Å². The molecule has 0 aromatic heterocycles. The molecule has 2 aromatic carbocycles. The number of hydrogen-bond acceptors (Lipinski definition) is 9. The third kappa shape index (κ3) is 15.8. The Morgan fingerprint density at radius 3 is 1.98 bits per heavy atom. The molecule has 0 aliphatic carbocycles. The zero-order chi connectivity index (χ0) is 34.6. The number of rotatable bonds is 17. The molecule has 2 rings (SSSR count). The Kier molecular flexibility index (Phi) is 17.1. The van der Waals surface area contributed by atoms with Crippen molar-refractivity contribution in [3.8, 4) is 0 Å². The van der Waals surface area contributed by atoms with Crippen molar-refractivity contribution < 1.29 is 43.0 Å². The summed E-state index contributed by atoms with van der Waals surface area (Å²) in [6, 6.07) is 14.7. The van der Waals surface area contributed by atoms with Crippen LogP contribution < -0.4 is 21.3 Å². The Morgan fingerprint density at radius 1 is 0.766 bits per heavy atom. The number of benzene rings is 2. The van der Waals surface area contributed by atoms with Crippen molar-refractivity contribution in [3.05, 3.63) is 83.9 Å². The Labute approximate surface area is 278 Å². The van der Waals surface area contributed by atoms with Crippen LogP contribution in [-0.2, 0) is 46.4 Å². The van der Waals surface area contributed by atoms with E-state index in [1.54, 1.807) is 49.4 Å². The molecular formula is C33H41ClN4O9. The summed E-state index contributed by atoms with van der Waals surface area (Å²) in [5, 5.41) is 9.87. The van der Waals surface area contributed by atoms with E-state index in [1.165, 1.54) is 6.08 Å². The van der Waals surface area contributed by atoms with Crippen LogP contribution in [0.4, 0.5) is 9.59 Å². The molecule has 2 aromatic rings. The molecule has 0 radical (unpaired) electrons. The Hall–Kier alpha value is -4.91. The van der Waals surface area contributed by atoms with Gasteiger partial charge >= 0.3 is 18.2 Å². The summed E-state index contributed by atoms with van der Waals surface area (Å²) in [6.45, 7) is 5.00. The molecule has 0 unspecified atom stereocenters. The first-order chi connectivity index (χ1) is 22.5. The molecule has 254 valence electrons. The summed E-state index contributed by atoms with van der Waals surface area (Å²) < 4.78 is 15.2. The largest absolute Gasteiger partial charge is 0.463 e. The lowest BCUT2D eigenvalue weighted by molar-refractivity contribution is -0.137. The molecule has 0 aliphatic heterocycles. The molecule has 47 heavy (non-hydrogen) atoms. The van der Waals surface area contributed by atoms with E-state index >= 15 is 0 Å². The Morgan fingerprint density at radius 2 is 1.38 bits per heavy atom. The van der Waals surface area contributed by atoms with Gasteiger partial charge in [-0.3, -0.25) is 19.7 Å². The second-order valence-electron chi connectivity index (χ2n) is 10.6. The van der Waals surface area contributed by atoms with Gasteiger partial charge in [-0.2, -0.15) is 0 Å². The van der Waals surface area contributed by atoms with Crippen molar-refractivity contribution in [3.63, 3.8) is 0 Å². The van der Waals surface area contributed by atoms with E-state index in [9.17, 15) is 28.8 Å². The topological polar surface area (TPSA) is 178 Å². The summed E-state index contributed by atoms with van der Waals surface area (Å²) in [6.07, 6.45) is 0.695. The quantitative estimate of drug-likeness (QED) is 0.0850. The van der Waals surface area contributed by atoms with Crippen molar-refractivity contribution >= 4 is 47.5 Å². The first-order valence-electron chi connectivity index (χ1n) is 15.0. The van der Waals surface area contributed by atoms with Gasteiger partial charge in [-0.25, -0.2) is 14.4 Å². The number of imide groups is 1. The smallest absolute Gasteiger partial charge is 0.413 e. The van der Waals surface area contributed by atoms with E-state index in [-0.39, 0.29) is 32.0 Å². The number of alkyl halides is 1. The van der Waals surface area contributed by atoms with Crippen molar-refractivity contribution in [2.45, 2.75) is 58.3 Å². The average Bonchev–Trinajstić information content (AvgIpc) is 3.05. The van der Waals surface area contributed by atoms with Gasteiger partial charge in [0.2, 0.25) is 17.7 Å². The molecule has 14 heteroatoms. The summed E-state index contributed by atoms with van der Waals surface area (Å²) in [4.78, 5) is 75.2. The lowest BCUT2D eigenvalue weighted by Gasteiger charge is -2.25. The van der Waals surface area contributed by atoms with Crippen LogP contribution in [-0.4, -0.2) is 73.1 Å². The highest BCUT2D eigenvalue weighted by Crippen LogP contribution is 2.10. The number of halogens is 1. The van der Waals surface area contributed by atoms with Crippen LogP contribution in [0.5, 0.6) is 0 Å². The van der Waals surface area contributed by atoms with Crippen LogP contribution in [0.1, 0.15) is 38.3 Å². The molecule has 0 bridgehead atoms. The van der Waals surface area contributed by atoms with E-state index in [0.29, 0.717) is 0 Å². The van der Waals surface area contributed by atoms with Gasteiger partial charge in [-0.15, -0.1) is 11.6 Å². The molecule has 0 heterocycles. The van der Waals surface area contributed by atoms with E-state index in [4.69, 9.17) is 25.8 Å². The van der Waals surface area contributed by atoms with Gasteiger partial charge in [0.25, 0.3) is 0 Å². The number of esters is 1. The normalized spacial score (nSPS) is 12.7. The fraction of sp³-hybridized carbons (Fsp3) is 0.394. The number of carbonyl (C=O) groups excluding carboxylic acids is 6. The van der Waals surface area contributed by atoms with E-state index < -0.39 is 66.5 Å². The lowest BCUT2D eigenvalue weighted by Crippen LogP contribution is -2.56. The number of hydrogen-bond donors (Lipinski definition) is 4. The van der Waals surface area contributed by atoms with Gasteiger partial charge in [-0.1, -0.05) is 80.6 Å². The van der Waals surface area contributed by atoms with E-state index in [0.717, 1.165) is 17.2 Å². The standard InChI is InChI=1S/C33H41ClN4O9/c1-4-45-29(40)16-15-25(21-47-33(44)38-28(39)19-34)35-30(41)27(18-23-11-7-5-8-12-23)36-31(42)26(17-22(2)3)37-32(43)46-20-24-13-9-6-10-14-24/h5-16,22,25-27H,4,17-21H2,1-3H3,(H,35,41)(H,36,42)(H,37,43)(H,38,39,44)/b16-15+/t25-,26+,27+/m1/s1. The second kappa shape index (κ2) is 21.0. The summed E-state index contributed by atoms with van der Waals surface area (Å²) in [5.74, 6) is -3.29. The summed E-state index contributed by atoms with van der Waals surface area (Å²) >= 11 is 5.40. The maximum absolute atomic E-state index is 13.6. The fourth-order valence-corrected chi connectivity index (χ4v) is 4.17. The van der Waals surface area contributed by atoms with Crippen molar-refractivity contribution in [1.82, 2.24) is 21.3 Å². The van der Waals surface area contributed by atoms with Crippen molar-refractivity contribution in [1.29, 1.82) is 0 Å². The average molecular weight is 673 g/mol. The third-order valence-corrected chi connectivity index (χ3v) is 6.52. The lowest BCUT2D eigenvalue weighted by atomic mass is 10.0. The number of amides is 5. The highest BCUT2D eigenvalue weighted by Gasteiger charge is 2.29. The number of nitrogens with one attached hydrogen (secondary N) is 4. The van der Waals surface area contributed by atoms with Crippen LogP contribution in [0.15, 0.2) is 72.8 Å². The molecule has 0 saturated heterocycles. The third-order valence-electron chi connectivity index (χ3n) is 6.28. The zero-order valence-electron chi connectivity index (χ0n) is 26.5. The first-order valence-corrected chi connectivity index (χ1v) is 15.5. The van der Waals surface area contributed by atoms with Gasteiger partial charge in [0.05, 0.1) is 12.6 Å². The summed E-state index contributed by atoms with van der Waals surface area (Å²) in [7, 11) is 0. The summed E-state index contributed by atoms with van der Waals surface area (Å²) in [5.41, 5.74) is 1.49. The molecular weight excluding hydrogens is 632 g/mol. The maximum Gasteiger partial charge on any atom is 0.413 e. The molecule has 3 atom stereocenters. The predicted octanol–water partition coefficient (Wildman–Crippen LogP) is 3.15. The van der Waals surface area contributed by atoms with Gasteiger partial charge < -0.3 is 30.2 Å². The number of alkyl carbamates (subject to hydrolysis) is 2. The van der Waals surface area contributed by atoms with E-state index in [1.807, 2.05) is 37.4 Å². The minimum absolute atomic E-state index is 0.00254.